The summed E-state index contributed by atoms with van der Waals surface area (Å²) in [5.41, 5.74) is 1.36. The molecule has 1 heterocycles. The second-order valence-corrected chi connectivity index (χ2v) is 4.87. The van der Waals surface area contributed by atoms with Crippen molar-refractivity contribution in [3.8, 4) is 0 Å². The molecule has 0 aliphatic carbocycles. The van der Waals surface area contributed by atoms with Gasteiger partial charge in [-0.3, -0.25) is 0 Å². The van der Waals surface area contributed by atoms with E-state index in [9.17, 15) is 0 Å². The van der Waals surface area contributed by atoms with Gasteiger partial charge in [-0.15, -0.1) is 11.8 Å². The van der Waals surface area contributed by atoms with Crippen LogP contribution >= 0.6 is 11.8 Å². The highest BCUT2D eigenvalue weighted by atomic mass is 32.2. The third kappa shape index (κ3) is 4.25. The van der Waals surface area contributed by atoms with Crippen molar-refractivity contribution in [1.29, 1.82) is 0 Å². The van der Waals surface area contributed by atoms with Crippen LogP contribution in [0.5, 0.6) is 0 Å². The van der Waals surface area contributed by atoms with E-state index < -0.39 is 0 Å². The first kappa shape index (κ1) is 14.4. The van der Waals surface area contributed by atoms with Crippen molar-refractivity contribution < 1.29 is 0 Å². The number of hydrogen-bond acceptors (Lipinski definition) is 3. The van der Waals surface area contributed by atoms with Gasteiger partial charge in [-0.1, -0.05) is 13.8 Å². The van der Waals surface area contributed by atoms with E-state index in [1.807, 2.05) is 13.8 Å². The average molecular weight is 252 g/mol. The topological polar surface area (TPSA) is 6.48 Å². The molecule has 2 rings (SSSR count). The van der Waals surface area contributed by atoms with Crippen molar-refractivity contribution >= 4 is 17.4 Å². The lowest BCUT2D eigenvalue weighted by Crippen LogP contribution is -2.44. The minimum Gasteiger partial charge on any atom is -0.369 e. The molecule has 0 N–H and O–H groups in total. The second-order valence-electron chi connectivity index (χ2n) is 3.99. The first-order chi connectivity index (χ1) is 8.29. The van der Waals surface area contributed by atoms with E-state index in [0.717, 1.165) is 13.1 Å². The molecular formula is C14H24N2S. The zero-order valence-corrected chi connectivity index (χ0v) is 12.3. The summed E-state index contributed by atoms with van der Waals surface area (Å²) in [5, 5.41) is 0. The van der Waals surface area contributed by atoms with Crippen molar-refractivity contribution in [2.24, 2.45) is 0 Å². The van der Waals surface area contributed by atoms with Crippen LogP contribution in [0.25, 0.3) is 0 Å². The van der Waals surface area contributed by atoms with Gasteiger partial charge in [0.05, 0.1) is 0 Å². The molecule has 3 heteroatoms. The first-order valence-electron chi connectivity index (χ1n) is 6.37. The van der Waals surface area contributed by atoms with Crippen molar-refractivity contribution in [1.82, 2.24) is 4.90 Å². The maximum atomic E-state index is 2.46. The van der Waals surface area contributed by atoms with Crippen molar-refractivity contribution in [2.45, 2.75) is 18.7 Å². The number of hydrogen-bond donors (Lipinski definition) is 0. The van der Waals surface area contributed by atoms with Gasteiger partial charge in [-0.05, 0) is 37.6 Å². The molecule has 1 aliphatic heterocycles. The summed E-state index contributed by atoms with van der Waals surface area (Å²) >= 11 is 1.80. The largest absolute Gasteiger partial charge is 0.369 e. The molecule has 1 aliphatic rings. The van der Waals surface area contributed by atoms with Crippen LogP contribution in [0.15, 0.2) is 29.2 Å². The Bertz CT molecular complexity index is 303. The minimum atomic E-state index is 1.15. The molecule has 1 aromatic rings. The first-order valence-corrected chi connectivity index (χ1v) is 7.59. The molecule has 96 valence electrons. The van der Waals surface area contributed by atoms with Gasteiger partial charge in [0.25, 0.3) is 0 Å². The Morgan fingerprint density at radius 2 is 1.47 bits per heavy atom. The van der Waals surface area contributed by atoms with Gasteiger partial charge in [0.2, 0.25) is 0 Å². The summed E-state index contributed by atoms with van der Waals surface area (Å²) in [6, 6.07) is 8.88. The molecule has 0 atom stereocenters. The van der Waals surface area contributed by atoms with E-state index >= 15 is 0 Å². The third-order valence-corrected chi connectivity index (χ3v) is 3.68. The minimum absolute atomic E-state index is 1.15. The molecule has 0 spiro atoms. The van der Waals surface area contributed by atoms with Crippen LogP contribution < -0.4 is 4.90 Å². The Morgan fingerprint density at radius 1 is 0.941 bits per heavy atom. The van der Waals surface area contributed by atoms with Crippen molar-refractivity contribution in [3.63, 3.8) is 0 Å². The number of thioether (sulfide) groups is 1. The van der Waals surface area contributed by atoms with E-state index in [1.54, 1.807) is 11.8 Å². The van der Waals surface area contributed by atoms with Gasteiger partial charge < -0.3 is 9.80 Å². The highest BCUT2D eigenvalue weighted by molar-refractivity contribution is 7.98. The van der Waals surface area contributed by atoms with Gasteiger partial charge in [0.15, 0.2) is 0 Å². The van der Waals surface area contributed by atoms with E-state index in [0.29, 0.717) is 0 Å². The van der Waals surface area contributed by atoms with Gasteiger partial charge >= 0.3 is 0 Å². The molecule has 2 nitrogen and oxygen atoms in total. The Morgan fingerprint density at radius 3 is 1.94 bits per heavy atom. The summed E-state index contributed by atoms with van der Waals surface area (Å²) in [6.45, 7) is 8.64. The third-order valence-electron chi connectivity index (χ3n) is 2.94. The predicted octanol–water partition coefficient (Wildman–Crippen LogP) is 3.19. The Hall–Kier alpha value is -0.670. The molecule has 0 saturated carbocycles. The summed E-state index contributed by atoms with van der Waals surface area (Å²) in [7, 11) is 2.19. The molecular weight excluding hydrogens is 228 g/mol. The van der Waals surface area contributed by atoms with Crippen LogP contribution in [-0.4, -0.2) is 44.4 Å². The molecule has 0 bridgehead atoms. The lowest BCUT2D eigenvalue weighted by molar-refractivity contribution is 0.313. The SMILES string of the molecule is CC.CSc1ccc(N2CCN(C)CC2)cc1. The summed E-state index contributed by atoms with van der Waals surface area (Å²) in [5.74, 6) is 0. The van der Waals surface area contributed by atoms with Crippen LogP contribution in [0, 0.1) is 0 Å². The summed E-state index contributed by atoms with van der Waals surface area (Å²) in [6.07, 6.45) is 2.12. The van der Waals surface area contributed by atoms with Crippen LogP contribution in [-0.2, 0) is 0 Å². The highest BCUT2D eigenvalue weighted by Gasteiger charge is 2.13. The Balaban J connectivity index is 0.000000686. The van der Waals surface area contributed by atoms with E-state index in [-0.39, 0.29) is 0 Å². The normalized spacial score (nSPS) is 16.4. The van der Waals surface area contributed by atoms with Crippen LogP contribution in [0.2, 0.25) is 0 Å². The lowest BCUT2D eigenvalue weighted by Gasteiger charge is -2.34. The van der Waals surface area contributed by atoms with Crippen LogP contribution in [0.4, 0.5) is 5.69 Å². The smallest absolute Gasteiger partial charge is 0.0367 e. The number of likely N-dealkylation sites (N-methyl/N-ethyl adjacent to an activating group) is 1. The molecule has 0 unspecified atom stereocenters. The zero-order chi connectivity index (χ0) is 12.7. The second kappa shape index (κ2) is 7.62. The van der Waals surface area contributed by atoms with E-state index in [4.69, 9.17) is 0 Å². The van der Waals surface area contributed by atoms with Crippen LogP contribution in [0.3, 0.4) is 0 Å². The monoisotopic (exact) mass is 252 g/mol. The number of nitrogens with zero attached hydrogens (tertiary/aromatic N) is 2. The molecule has 0 aromatic heterocycles. The number of piperazine rings is 1. The standard InChI is InChI=1S/C12H18N2S.C2H6/c1-13-7-9-14(10-8-13)11-3-5-12(15-2)6-4-11;1-2/h3-6H,7-10H2,1-2H3;1-2H3. The van der Waals surface area contributed by atoms with E-state index in [2.05, 4.69) is 47.4 Å². The maximum Gasteiger partial charge on any atom is 0.0367 e. The van der Waals surface area contributed by atoms with Crippen molar-refractivity contribution in [2.75, 3.05) is 44.4 Å². The molecule has 0 amide bonds. The van der Waals surface area contributed by atoms with Gasteiger partial charge in [0.1, 0.15) is 0 Å². The highest BCUT2D eigenvalue weighted by Crippen LogP contribution is 2.21. The quantitative estimate of drug-likeness (QED) is 0.746. The van der Waals surface area contributed by atoms with E-state index in [1.165, 1.54) is 23.7 Å². The van der Waals surface area contributed by atoms with Crippen molar-refractivity contribution in [3.05, 3.63) is 24.3 Å². The molecule has 1 fully saturated rings. The number of rotatable bonds is 2. The summed E-state index contributed by atoms with van der Waals surface area (Å²) in [4.78, 5) is 6.18. The van der Waals surface area contributed by atoms with Crippen LogP contribution in [0.1, 0.15) is 13.8 Å². The number of benzene rings is 1. The fraction of sp³-hybridized carbons (Fsp3) is 0.571. The Labute approximate surface area is 110 Å². The van der Waals surface area contributed by atoms with Gasteiger partial charge in [0, 0.05) is 36.8 Å². The van der Waals surface area contributed by atoms with Gasteiger partial charge in [-0.2, -0.15) is 0 Å². The zero-order valence-electron chi connectivity index (χ0n) is 11.4. The molecule has 1 aromatic carbocycles. The maximum absolute atomic E-state index is 2.46. The fourth-order valence-electron chi connectivity index (χ4n) is 1.86. The predicted molar refractivity (Wildman–Crippen MR) is 79.3 cm³/mol. The molecule has 1 saturated heterocycles. The summed E-state index contributed by atoms with van der Waals surface area (Å²) < 4.78 is 0. The molecule has 17 heavy (non-hydrogen) atoms. The van der Waals surface area contributed by atoms with Gasteiger partial charge in [-0.25, -0.2) is 0 Å². The number of anilines is 1. The molecule has 0 radical (unpaired) electrons. The Kier molecular flexibility index (Phi) is 6.45. The fourth-order valence-corrected chi connectivity index (χ4v) is 2.27. The lowest BCUT2D eigenvalue weighted by atomic mass is 10.2. The average Bonchev–Trinajstić information content (AvgIpc) is 2.42.